The molecule has 6 atom stereocenters. The molecule has 2 unspecified atom stereocenters. The molecule has 1 aliphatic rings. The number of unbranched alkanes of at least 4 members (excludes halogenated alkanes) is 7. The Morgan fingerprint density at radius 3 is 2.07 bits per heavy atom. The zero-order valence-electron chi connectivity index (χ0n) is 16.1. The van der Waals surface area contributed by atoms with Crippen molar-refractivity contribution in [3.8, 4) is 0 Å². The van der Waals surface area contributed by atoms with E-state index in [1.165, 1.54) is 19.3 Å². The summed E-state index contributed by atoms with van der Waals surface area (Å²) in [6, 6.07) is 0. The summed E-state index contributed by atoms with van der Waals surface area (Å²) in [5, 5.41) is 50.8. The summed E-state index contributed by atoms with van der Waals surface area (Å²) in [6.07, 6.45) is 2.92. The summed E-state index contributed by atoms with van der Waals surface area (Å²) in [5.74, 6) is -5.27. The van der Waals surface area contributed by atoms with E-state index in [2.05, 4.69) is 6.92 Å². The second-order valence-corrected chi connectivity index (χ2v) is 7.51. The highest BCUT2D eigenvalue weighted by molar-refractivity contribution is 5.78. The van der Waals surface area contributed by atoms with Crippen LogP contribution in [0.4, 0.5) is 0 Å². The fourth-order valence-electron chi connectivity index (χ4n) is 3.73. The third-order valence-electron chi connectivity index (χ3n) is 5.46. The van der Waals surface area contributed by atoms with E-state index < -0.39 is 48.3 Å². The molecule has 0 aromatic rings. The fraction of sp³-hybridized carbons (Fsp3) is 0.944. The van der Waals surface area contributed by atoms with Gasteiger partial charge < -0.3 is 36.0 Å². The predicted octanol–water partition coefficient (Wildman–Crippen LogP) is -0.932. The van der Waals surface area contributed by atoms with Crippen molar-refractivity contribution in [1.29, 1.82) is 0 Å². The van der Waals surface area contributed by atoms with E-state index in [4.69, 9.17) is 16.2 Å². The maximum atomic E-state index is 11.9. The lowest BCUT2D eigenvalue weighted by Gasteiger charge is -2.53. The number of hydrogen-bond acceptors (Lipinski definition) is 8. The van der Waals surface area contributed by atoms with Gasteiger partial charge in [0.05, 0.1) is 12.5 Å². The highest BCUT2D eigenvalue weighted by Crippen LogP contribution is 2.40. The van der Waals surface area contributed by atoms with E-state index in [1.807, 2.05) is 0 Å². The number of ether oxygens (including phenoxy) is 1. The summed E-state index contributed by atoms with van der Waals surface area (Å²) in [4.78, 5) is 11.9. The maximum Gasteiger partial charge on any atom is 0.256 e. The van der Waals surface area contributed by atoms with Gasteiger partial charge in [0.1, 0.15) is 18.3 Å². The molecule has 9 nitrogen and oxygen atoms in total. The van der Waals surface area contributed by atoms with Gasteiger partial charge in [-0.2, -0.15) is 0 Å². The van der Waals surface area contributed by atoms with Crippen molar-refractivity contribution < 1.29 is 35.1 Å². The first kappa shape index (κ1) is 24.2. The molecule has 0 radical (unpaired) electrons. The molecule has 0 aromatic heterocycles. The van der Waals surface area contributed by atoms with Crippen molar-refractivity contribution in [3.05, 3.63) is 0 Å². The van der Waals surface area contributed by atoms with E-state index >= 15 is 0 Å². The third kappa shape index (κ3) is 5.60. The molecule has 1 heterocycles. The molecule has 0 spiro atoms. The Bertz CT molecular complexity index is 463. The molecule has 0 aliphatic carbocycles. The van der Waals surface area contributed by atoms with Gasteiger partial charge in [0, 0.05) is 0 Å². The Morgan fingerprint density at radius 1 is 1.07 bits per heavy atom. The number of aliphatic hydroxyl groups is 5. The first-order valence-electron chi connectivity index (χ1n) is 9.81. The summed E-state index contributed by atoms with van der Waals surface area (Å²) >= 11 is 0. The number of nitrogens with two attached hydrogens (primary N) is 2. The van der Waals surface area contributed by atoms with Crippen LogP contribution in [0, 0.1) is 5.92 Å². The highest BCUT2D eigenvalue weighted by atomic mass is 16.7. The van der Waals surface area contributed by atoms with Gasteiger partial charge in [0.25, 0.3) is 5.91 Å². The second kappa shape index (κ2) is 10.7. The maximum absolute atomic E-state index is 11.9. The van der Waals surface area contributed by atoms with E-state index in [1.54, 1.807) is 0 Å². The summed E-state index contributed by atoms with van der Waals surface area (Å²) in [6.45, 7) is 1.41. The van der Waals surface area contributed by atoms with Crippen LogP contribution in [0.15, 0.2) is 0 Å². The van der Waals surface area contributed by atoms with Crippen LogP contribution in [0.25, 0.3) is 0 Å². The van der Waals surface area contributed by atoms with Crippen LogP contribution < -0.4 is 11.5 Å². The molecule has 0 aromatic carbocycles. The molecule has 9 heteroatoms. The molecular weight excluding hydrogens is 356 g/mol. The van der Waals surface area contributed by atoms with E-state index in [-0.39, 0.29) is 6.42 Å². The highest BCUT2D eigenvalue weighted by Gasteiger charge is 2.66. The van der Waals surface area contributed by atoms with Crippen molar-refractivity contribution in [2.75, 3.05) is 6.61 Å². The Labute approximate surface area is 160 Å². The van der Waals surface area contributed by atoms with Gasteiger partial charge >= 0.3 is 0 Å². The van der Waals surface area contributed by atoms with Gasteiger partial charge in [0.2, 0.25) is 5.91 Å². The monoisotopic (exact) mass is 392 g/mol. The molecule has 1 amide bonds. The molecule has 1 saturated heterocycles. The molecule has 1 fully saturated rings. The number of rotatable bonds is 12. The standard InChI is InChI=1S/C18H36N2O7/c1-2-3-4-5-6-7-8-9-10-12(16(19)24)17(25)15(23)14(22)13(11-21)27-18(17,20)26/h12-15,21-23,25-26H,2-11,20H2,1H3,(H2,19,24)/t12?,13-,14-,15+,17-,18?/m1/s1. The van der Waals surface area contributed by atoms with Crippen LogP contribution >= 0.6 is 0 Å². The number of amides is 1. The van der Waals surface area contributed by atoms with Gasteiger partial charge in [-0.1, -0.05) is 58.3 Å². The quantitative estimate of drug-likeness (QED) is 0.164. The zero-order chi connectivity index (χ0) is 20.7. The summed E-state index contributed by atoms with van der Waals surface area (Å²) in [7, 11) is 0. The SMILES string of the molecule is CCCCCCCCCCC(C(N)=O)[C@@]1(O)[C@@H](O)[C@H](O)[C@@H](CO)OC1(N)O. The molecule has 0 bridgehead atoms. The van der Waals surface area contributed by atoms with Gasteiger partial charge in [-0.25, -0.2) is 0 Å². The number of carbonyl (C=O) groups excluding carboxylic acids is 1. The Balaban J connectivity index is 2.72. The van der Waals surface area contributed by atoms with E-state index in [0.29, 0.717) is 6.42 Å². The van der Waals surface area contributed by atoms with Crippen LogP contribution in [0.3, 0.4) is 0 Å². The Hall–Kier alpha value is -0.810. The van der Waals surface area contributed by atoms with E-state index in [9.17, 15) is 30.3 Å². The van der Waals surface area contributed by atoms with Crippen LogP contribution in [-0.2, 0) is 9.53 Å². The van der Waals surface area contributed by atoms with Crippen molar-refractivity contribution in [1.82, 2.24) is 0 Å². The topological polar surface area (TPSA) is 179 Å². The number of hydrogen-bond donors (Lipinski definition) is 7. The smallest absolute Gasteiger partial charge is 0.256 e. The lowest BCUT2D eigenvalue weighted by Crippen LogP contribution is -2.79. The fourth-order valence-corrected chi connectivity index (χ4v) is 3.73. The van der Waals surface area contributed by atoms with Crippen molar-refractivity contribution in [2.24, 2.45) is 17.4 Å². The van der Waals surface area contributed by atoms with Crippen LogP contribution in [-0.4, -0.2) is 67.9 Å². The minimum Gasteiger partial charge on any atom is -0.394 e. The van der Waals surface area contributed by atoms with E-state index in [0.717, 1.165) is 25.7 Å². The molecule has 27 heavy (non-hydrogen) atoms. The van der Waals surface area contributed by atoms with Crippen LogP contribution in [0.1, 0.15) is 64.7 Å². The Kier molecular flexibility index (Phi) is 9.56. The normalized spacial score (nSPS) is 35.1. The molecule has 1 aliphatic heterocycles. The van der Waals surface area contributed by atoms with Gasteiger partial charge in [-0.3, -0.25) is 10.5 Å². The van der Waals surface area contributed by atoms with Crippen molar-refractivity contribution in [3.63, 3.8) is 0 Å². The van der Waals surface area contributed by atoms with Gasteiger partial charge in [-0.05, 0) is 6.42 Å². The number of aliphatic hydroxyl groups excluding tert-OH is 3. The minimum absolute atomic E-state index is 0.0667. The molecule has 160 valence electrons. The number of carbonyl (C=O) groups is 1. The molecular formula is C18H36N2O7. The second-order valence-electron chi connectivity index (χ2n) is 7.51. The first-order chi connectivity index (χ1) is 12.6. The van der Waals surface area contributed by atoms with Crippen LogP contribution in [0.5, 0.6) is 0 Å². The van der Waals surface area contributed by atoms with Gasteiger partial charge in [0.15, 0.2) is 5.60 Å². The molecule has 0 saturated carbocycles. The average Bonchev–Trinajstić information content (AvgIpc) is 2.61. The lowest BCUT2D eigenvalue weighted by molar-refractivity contribution is -0.396. The predicted molar refractivity (Wildman–Crippen MR) is 98.0 cm³/mol. The third-order valence-corrected chi connectivity index (χ3v) is 5.46. The summed E-state index contributed by atoms with van der Waals surface area (Å²) in [5.41, 5.74) is 8.28. The largest absolute Gasteiger partial charge is 0.394 e. The zero-order valence-corrected chi connectivity index (χ0v) is 16.1. The first-order valence-corrected chi connectivity index (χ1v) is 9.81. The molecule has 1 rings (SSSR count). The summed E-state index contributed by atoms with van der Waals surface area (Å²) < 4.78 is 4.95. The van der Waals surface area contributed by atoms with Crippen molar-refractivity contribution >= 4 is 5.91 Å². The lowest BCUT2D eigenvalue weighted by atomic mass is 9.72. The van der Waals surface area contributed by atoms with Crippen molar-refractivity contribution in [2.45, 2.75) is 94.5 Å². The average molecular weight is 392 g/mol. The Morgan fingerprint density at radius 2 is 1.59 bits per heavy atom. The van der Waals surface area contributed by atoms with Crippen LogP contribution in [0.2, 0.25) is 0 Å². The van der Waals surface area contributed by atoms with Gasteiger partial charge in [-0.15, -0.1) is 0 Å². The minimum atomic E-state index is -2.86. The number of primary amides is 1. The molecule has 9 N–H and O–H groups in total.